The van der Waals surface area contributed by atoms with E-state index in [9.17, 15) is 9.59 Å². The molecule has 198 valence electrons. The summed E-state index contributed by atoms with van der Waals surface area (Å²) in [7, 11) is 0. The summed E-state index contributed by atoms with van der Waals surface area (Å²) in [5, 5.41) is 19.9. The van der Waals surface area contributed by atoms with Gasteiger partial charge in [0.25, 0.3) is 12.9 Å². The van der Waals surface area contributed by atoms with Crippen LogP contribution in [0.1, 0.15) is 17.5 Å². The third kappa shape index (κ3) is 6.93. The van der Waals surface area contributed by atoms with Crippen molar-refractivity contribution in [2.75, 3.05) is 44.6 Å². The number of piperidine rings is 2. The van der Waals surface area contributed by atoms with E-state index in [2.05, 4.69) is 44.7 Å². The molecule has 3 unspecified atom stereocenters. The Morgan fingerprint density at radius 1 is 0.946 bits per heavy atom. The van der Waals surface area contributed by atoms with E-state index < -0.39 is 0 Å². The van der Waals surface area contributed by atoms with E-state index in [1.54, 1.807) is 0 Å². The van der Waals surface area contributed by atoms with Crippen molar-refractivity contribution in [1.29, 1.82) is 0 Å². The number of carbonyl (C=O) groups is 4. The van der Waals surface area contributed by atoms with Crippen molar-refractivity contribution >= 4 is 30.4 Å². The number of fused-ring (bicyclic) bond motifs is 1. The Hall–Kier alpha value is -3.76. The van der Waals surface area contributed by atoms with Crippen molar-refractivity contribution in [1.82, 2.24) is 15.1 Å². The number of amides is 2. The summed E-state index contributed by atoms with van der Waals surface area (Å²) < 4.78 is 0. The van der Waals surface area contributed by atoms with Gasteiger partial charge >= 0.3 is 0 Å². The van der Waals surface area contributed by atoms with Gasteiger partial charge in [-0.2, -0.15) is 0 Å². The van der Waals surface area contributed by atoms with Gasteiger partial charge < -0.3 is 30.6 Å². The van der Waals surface area contributed by atoms with Gasteiger partial charge in [0.2, 0.25) is 11.8 Å². The monoisotopic (exact) mass is 510 g/mol. The second kappa shape index (κ2) is 13.0. The SMILES string of the molecule is Cc1cccc(NC(=O)CC(=O)NC2C3CN4CCN(C3)CC2(c2ccccc2)C4)c1.O=CO.O=CO. The molecule has 4 aliphatic heterocycles. The van der Waals surface area contributed by atoms with Crippen molar-refractivity contribution in [2.24, 2.45) is 5.92 Å². The minimum Gasteiger partial charge on any atom is -0.483 e. The van der Waals surface area contributed by atoms with Gasteiger partial charge in [-0.15, -0.1) is 0 Å². The number of nitrogens with one attached hydrogen (secondary N) is 2. The molecule has 3 atom stereocenters. The molecule has 4 bridgehead atoms. The third-order valence-electron chi connectivity index (χ3n) is 7.08. The number of hydrogen-bond donors (Lipinski definition) is 4. The van der Waals surface area contributed by atoms with Crippen molar-refractivity contribution in [2.45, 2.75) is 24.8 Å². The quantitative estimate of drug-likeness (QED) is 0.350. The van der Waals surface area contributed by atoms with Gasteiger partial charge in [-0.05, 0) is 30.2 Å². The van der Waals surface area contributed by atoms with Crippen molar-refractivity contribution in [3.05, 3.63) is 65.7 Å². The highest BCUT2D eigenvalue weighted by atomic mass is 16.3. The lowest BCUT2D eigenvalue weighted by molar-refractivity contribution is -0.129. The molecule has 0 saturated carbocycles. The Morgan fingerprint density at radius 2 is 1.54 bits per heavy atom. The van der Waals surface area contributed by atoms with E-state index in [0.717, 1.165) is 50.5 Å². The smallest absolute Gasteiger partial charge is 0.290 e. The van der Waals surface area contributed by atoms with Crippen LogP contribution in [0, 0.1) is 12.8 Å². The Kier molecular flexibility index (Phi) is 9.76. The summed E-state index contributed by atoms with van der Waals surface area (Å²) in [5.74, 6) is -0.0963. The van der Waals surface area contributed by atoms with Crippen LogP contribution in [-0.2, 0) is 24.6 Å². The molecule has 37 heavy (non-hydrogen) atoms. The molecule has 2 aromatic rings. The number of anilines is 1. The Morgan fingerprint density at radius 3 is 2.11 bits per heavy atom. The van der Waals surface area contributed by atoms with Gasteiger partial charge in [-0.3, -0.25) is 19.2 Å². The molecule has 0 spiro atoms. The van der Waals surface area contributed by atoms with Crippen LogP contribution in [-0.4, -0.2) is 90.1 Å². The van der Waals surface area contributed by atoms with E-state index in [-0.39, 0.29) is 42.6 Å². The molecule has 0 aromatic heterocycles. The Balaban J connectivity index is 0.000000580. The average molecular weight is 511 g/mol. The zero-order valence-corrected chi connectivity index (χ0v) is 20.9. The van der Waals surface area contributed by atoms with E-state index in [4.69, 9.17) is 19.8 Å². The van der Waals surface area contributed by atoms with Crippen LogP contribution in [0.3, 0.4) is 0 Å². The molecular formula is C27H34N4O6. The zero-order valence-electron chi connectivity index (χ0n) is 20.9. The van der Waals surface area contributed by atoms with Gasteiger partial charge in [-0.25, -0.2) is 0 Å². The normalized spacial score (nSPS) is 26.7. The molecule has 4 aliphatic rings. The Labute approximate surface area is 216 Å². The number of nitrogens with zero attached hydrogens (tertiary/aromatic N) is 2. The summed E-state index contributed by atoms with van der Waals surface area (Å²) in [6, 6.07) is 18.3. The lowest BCUT2D eigenvalue weighted by atomic mass is 9.64. The second-order valence-corrected chi connectivity index (χ2v) is 9.60. The summed E-state index contributed by atoms with van der Waals surface area (Å²) in [4.78, 5) is 47.3. The zero-order chi connectivity index (χ0) is 26.8. The first kappa shape index (κ1) is 27.8. The third-order valence-corrected chi connectivity index (χ3v) is 7.08. The molecule has 10 nitrogen and oxygen atoms in total. The topological polar surface area (TPSA) is 139 Å². The van der Waals surface area contributed by atoms with Crippen LogP contribution in [0.25, 0.3) is 0 Å². The van der Waals surface area contributed by atoms with Gasteiger partial charge in [0.05, 0.1) is 0 Å². The van der Waals surface area contributed by atoms with Crippen molar-refractivity contribution in [3.63, 3.8) is 0 Å². The molecule has 2 amide bonds. The first-order chi connectivity index (χ1) is 17.8. The molecule has 4 saturated heterocycles. The fourth-order valence-electron chi connectivity index (χ4n) is 5.87. The van der Waals surface area contributed by atoms with Crippen LogP contribution in [0.5, 0.6) is 0 Å². The van der Waals surface area contributed by atoms with E-state index in [1.165, 1.54) is 5.56 Å². The number of carboxylic acid groups (broad SMARTS) is 2. The molecule has 0 radical (unpaired) electrons. The number of rotatable bonds is 5. The molecule has 0 aliphatic carbocycles. The predicted octanol–water partition coefficient (Wildman–Crippen LogP) is 1.41. The molecular weight excluding hydrogens is 476 g/mol. The highest BCUT2D eigenvalue weighted by Gasteiger charge is 2.55. The lowest BCUT2D eigenvalue weighted by Crippen LogP contribution is -2.70. The van der Waals surface area contributed by atoms with Crippen LogP contribution in [0.4, 0.5) is 5.69 Å². The standard InChI is InChI=1S/C25H30N4O2.2CH2O2/c1-18-6-5-9-21(12-18)26-22(30)13-23(31)27-24-19-14-28-10-11-29(15-19)17-25(24,16-28)20-7-3-2-4-8-20;2*2-1-3/h2-9,12,19,24H,10-11,13-17H2,1H3,(H,26,30)(H,27,31);2*1H,(H,2,3). The second-order valence-electron chi connectivity index (χ2n) is 9.60. The molecule has 10 heteroatoms. The van der Waals surface area contributed by atoms with E-state index >= 15 is 0 Å². The molecule has 4 fully saturated rings. The number of carbonyl (C=O) groups excluding carboxylic acids is 2. The van der Waals surface area contributed by atoms with Crippen molar-refractivity contribution in [3.8, 4) is 0 Å². The lowest BCUT2D eigenvalue weighted by Gasteiger charge is -2.55. The molecule has 4 N–H and O–H groups in total. The maximum absolute atomic E-state index is 13.0. The first-order valence-electron chi connectivity index (χ1n) is 12.2. The fraction of sp³-hybridized carbons (Fsp3) is 0.407. The highest BCUT2D eigenvalue weighted by molar-refractivity contribution is 6.03. The largest absolute Gasteiger partial charge is 0.483 e. The average Bonchev–Trinajstić information content (AvgIpc) is 3.11. The minimum atomic E-state index is -0.273. The van der Waals surface area contributed by atoms with Gasteiger partial charge in [0, 0.05) is 62.3 Å². The summed E-state index contributed by atoms with van der Waals surface area (Å²) in [5.41, 5.74) is 2.94. The van der Waals surface area contributed by atoms with Gasteiger partial charge in [0.15, 0.2) is 0 Å². The highest BCUT2D eigenvalue weighted by Crippen LogP contribution is 2.43. The van der Waals surface area contributed by atoms with Gasteiger partial charge in [0.1, 0.15) is 6.42 Å². The van der Waals surface area contributed by atoms with Crippen LogP contribution in [0.15, 0.2) is 54.6 Å². The fourth-order valence-corrected chi connectivity index (χ4v) is 5.87. The number of benzene rings is 2. The summed E-state index contributed by atoms with van der Waals surface area (Å²) in [6.45, 7) is 7.56. The van der Waals surface area contributed by atoms with E-state index in [0.29, 0.717) is 5.92 Å². The molecule has 2 aromatic carbocycles. The molecule has 6 rings (SSSR count). The minimum absolute atomic E-state index is 0.0415. The molecule has 4 heterocycles. The summed E-state index contributed by atoms with van der Waals surface area (Å²) in [6.07, 6.45) is -0.157. The van der Waals surface area contributed by atoms with Crippen LogP contribution in [0.2, 0.25) is 0 Å². The Bertz CT molecular complexity index is 1060. The predicted molar refractivity (Wildman–Crippen MR) is 138 cm³/mol. The van der Waals surface area contributed by atoms with Crippen molar-refractivity contribution < 1.29 is 29.4 Å². The van der Waals surface area contributed by atoms with Crippen LogP contribution >= 0.6 is 0 Å². The summed E-state index contributed by atoms with van der Waals surface area (Å²) >= 11 is 0. The first-order valence-corrected chi connectivity index (χ1v) is 12.2. The van der Waals surface area contributed by atoms with E-state index in [1.807, 2.05) is 37.3 Å². The number of hydrogen-bond acceptors (Lipinski definition) is 6. The maximum Gasteiger partial charge on any atom is 0.290 e. The maximum atomic E-state index is 13.0. The number of aryl methyl sites for hydroxylation is 1. The van der Waals surface area contributed by atoms with Gasteiger partial charge in [-0.1, -0.05) is 42.5 Å². The van der Waals surface area contributed by atoms with Crippen LogP contribution < -0.4 is 10.6 Å².